The van der Waals surface area contributed by atoms with Crippen molar-refractivity contribution in [2.45, 2.75) is 12.8 Å². The minimum atomic E-state index is -4.65. The number of pyridine rings is 1. The largest absolute Gasteiger partial charge is 0.489 e. The number of nitrogens with one attached hydrogen (secondary N) is 1. The molecule has 0 saturated heterocycles. The number of rotatable bonds is 8. The smallest absolute Gasteiger partial charge is 0.418 e. The number of carbonyl (C=O) groups is 2. The van der Waals surface area contributed by atoms with E-state index in [9.17, 15) is 22.8 Å². The van der Waals surface area contributed by atoms with Gasteiger partial charge in [-0.2, -0.15) is 13.2 Å². The van der Waals surface area contributed by atoms with Gasteiger partial charge in [-0.1, -0.05) is 60.7 Å². The predicted molar refractivity (Wildman–Crippen MR) is 148 cm³/mol. The summed E-state index contributed by atoms with van der Waals surface area (Å²) in [4.78, 5) is 30.1. The fourth-order valence-electron chi connectivity index (χ4n) is 4.19. The van der Waals surface area contributed by atoms with Gasteiger partial charge in [-0.25, -0.2) is 9.78 Å². The molecule has 0 aliphatic heterocycles. The standard InChI is InChI=1S/C32H23F3N2O4/c33-32(34,35)26-11-5-7-13-28(26)37-30(38)20-41-31(39)25-18-29(36-27-12-6-4-10-24(25)27)22-14-16-23(17-15-22)40-19-21-8-2-1-3-9-21/h1-18H,19-20H2,(H,37,38). The van der Waals surface area contributed by atoms with Gasteiger partial charge in [-0.3, -0.25) is 4.79 Å². The number of ether oxygens (including phenoxy) is 2. The number of hydrogen-bond donors (Lipinski definition) is 1. The second kappa shape index (κ2) is 11.9. The molecular weight excluding hydrogens is 533 g/mol. The lowest BCUT2D eigenvalue weighted by atomic mass is 10.0. The summed E-state index contributed by atoms with van der Waals surface area (Å²) >= 11 is 0. The molecule has 0 aliphatic rings. The molecule has 9 heteroatoms. The van der Waals surface area contributed by atoms with Crippen LogP contribution in [0.3, 0.4) is 0 Å². The van der Waals surface area contributed by atoms with Crippen molar-refractivity contribution in [2.75, 3.05) is 11.9 Å². The van der Waals surface area contributed by atoms with Crippen molar-refractivity contribution in [3.8, 4) is 17.0 Å². The van der Waals surface area contributed by atoms with Gasteiger partial charge in [0.25, 0.3) is 5.91 Å². The molecule has 1 N–H and O–H groups in total. The number of amides is 1. The summed E-state index contributed by atoms with van der Waals surface area (Å²) in [6.45, 7) is -0.357. The number of esters is 1. The normalized spacial score (nSPS) is 11.2. The van der Waals surface area contributed by atoms with Crippen LogP contribution in [0.15, 0.2) is 109 Å². The zero-order valence-corrected chi connectivity index (χ0v) is 21.5. The average Bonchev–Trinajstić information content (AvgIpc) is 2.99. The van der Waals surface area contributed by atoms with Crippen LogP contribution in [-0.4, -0.2) is 23.5 Å². The number of aromatic nitrogens is 1. The highest BCUT2D eigenvalue weighted by Crippen LogP contribution is 2.34. The zero-order valence-electron chi connectivity index (χ0n) is 21.5. The molecule has 0 bridgehead atoms. The third kappa shape index (κ3) is 6.70. The first-order valence-corrected chi connectivity index (χ1v) is 12.6. The number of alkyl halides is 3. The molecule has 0 fully saturated rings. The van der Waals surface area contributed by atoms with Crippen LogP contribution in [0.1, 0.15) is 21.5 Å². The summed E-state index contributed by atoms with van der Waals surface area (Å²) in [6.07, 6.45) is -4.65. The first-order valence-electron chi connectivity index (χ1n) is 12.6. The van der Waals surface area contributed by atoms with E-state index in [1.165, 1.54) is 12.1 Å². The molecule has 1 heterocycles. The Hall–Kier alpha value is -5.18. The maximum absolute atomic E-state index is 13.2. The molecule has 6 nitrogen and oxygen atoms in total. The lowest BCUT2D eigenvalue weighted by Crippen LogP contribution is -2.23. The molecule has 41 heavy (non-hydrogen) atoms. The van der Waals surface area contributed by atoms with Gasteiger partial charge in [0.15, 0.2) is 6.61 Å². The number of para-hydroxylation sites is 2. The summed E-state index contributed by atoms with van der Waals surface area (Å²) in [5.41, 5.74) is 1.53. The predicted octanol–water partition coefficient (Wildman–Crippen LogP) is 7.30. The topological polar surface area (TPSA) is 77.5 Å². The Bertz CT molecular complexity index is 1690. The first-order chi connectivity index (χ1) is 19.8. The van der Waals surface area contributed by atoms with Crippen molar-refractivity contribution in [1.82, 2.24) is 4.98 Å². The summed E-state index contributed by atoms with van der Waals surface area (Å²) in [7, 11) is 0. The Kier molecular flexibility index (Phi) is 7.96. The zero-order chi connectivity index (χ0) is 28.8. The number of carbonyl (C=O) groups excluding carboxylic acids is 2. The highest BCUT2D eigenvalue weighted by atomic mass is 19.4. The Morgan fingerprint density at radius 1 is 0.805 bits per heavy atom. The molecule has 0 radical (unpaired) electrons. The molecule has 0 aliphatic carbocycles. The van der Waals surface area contributed by atoms with Crippen molar-refractivity contribution in [3.63, 3.8) is 0 Å². The van der Waals surface area contributed by atoms with E-state index in [0.717, 1.165) is 23.3 Å². The van der Waals surface area contributed by atoms with Crippen LogP contribution in [0, 0.1) is 0 Å². The van der Waals surface area contributed by atoms with E-state index in [-0.39, 0.29) is 5.56 Å². The quantitative estimate of drug-likeness (QED) is 0.203. The van der Waals surface area contributed by atoms with Crippen molar-refractivity contribution in [2.24, 2.45) is 0 Å². The lowest BCUT2D eigenvalue weighted by Gasteiger charge is -2.14. The van der Waals surface area contributed by atoms with E-state index in [1.807, 2.05) is 42.5 Å². The van der Waals surface area contributed by atoms with Crippen LogP contribution in [0.2, 0.25) is 0 Å². The second-order valence-corrected chi connectivity index (χ2v) is 9.04. The Labute approximate surface area is 233 Å². The maximum atomic E-state index is 13.2. The molecule has 1 aromatic heterocycles. The van der Waals surface area contributed by atoms with E-state index in [1.54, 1.807) is 42.5 Å². The molecular formula is C32H23F3N2O4. The number of fused-ring (bicyclic) bond motifs is 1. The highest BCUT2D eigenvalue weighted by molar-refractivity contribution is 6.05. The minimum absolute atomic E-state index is 0.165. The van der Waals surface area contributed by atoms with Gasteiger partial charge in [-0.15, -0.1) is 0 Å². The van der Waals surface area contributed by atoms with Gasteiger partial charge in [0.05, 0.1) is 28.0 Å². The summed E-state index contributed by atoms with van der Waals surface area (Å²) in [5.74, 6) is -1.05. The van der Waals surface area contributed by atoms with Gasteiger partial charge in [0.1, 0.15) is 12.4 Å². The monoisotopic (exact) mass is 556 g/mol. The van der Waals surface area contributed by atoms with Crippen LogP contribution < -0.4 is 10.1 Å². The Balaban J connectivity index is 1.31. The second-order valence-electron chi connectivity index (χ2n) is 9.04. The van der Waals surface area contributed by atoms with Crippen LogP contribution in [0.25, 0.3) is 22.2 Å². The third-order valence-corrected chi connectivity index (χ3v) is 6.18. The minimum Gasteiger partial charge on any atom is -0.489 e. The van der Waals surface area contributed by atoms with E-state index >= 15 is 0 Å². The Morgan fingerprint density at radius 3 is 2.24 bits per heavy atom. The van der Waals surface area contributed by atoms with Gasteiger partial charge in [0.2, 0.25) is 0 Å². The number of benzene rings is 4. The molecule has 1 amide bonds. The van der Waals surface area contributed by atoms with Crippen molar-refractivity contribution in [3.05, 3.63) is 126 Å². The molecule has 4 aromatic carbocycles. The van der Waals surface area contributed by atoms with Crippen LogP contribution >= 0.6 is 0 Å². The molecule has 206 valence electrons. The summed E-state index contributed by atoms with van der Waals surface area (Å²) in [5, 5.41) is 2.67. The SMILES string of the molecule is O=C(COC(=O)c1cc(-c2ccc(OCc3ccccc3)cc2)nc2ccccc12)Nc1ccccc1C(F)(F)F. The fraction of sp³-hybridized carbons (Fsp3) is 0.0938. The average molecular weight is 557 g/mol. The number of hydrogen-bond acceptors (Lipinski definition) is 5. The summed E-state index contributed by atoms with van der Waals surface area (Å²) in [6, 6.07) is 30.1. The molecule has 0 atom stereocenters. The highest BCUT2D eigenvalue weighted by Gasteiger charge is 2.33. The molecule has 5 rings (SSSR count). The third-order valence-electron chi connectivity index (χ3n) is 6.18. The van der Waals surface area contributed by atoms with E-state index in [2.05, 4.69) is 10.3 Å². The first kappa shape index (κ1) is 27.4. The lowest BCUT2D eigenvalue weighted by molar-refractivity contribution is -0.137. The molecule has 0 spiro atoms. The Morgan fingerprint density at radius 2 is 1.49 bits per heavy atom. The van der Waals surface area contributed by atoms with Crippen LogP contribution in [0.4, 0.5) is 18.9 Å². The number of nitrogens with zero attached hydrogens (tertiary/aromatic N) is 1. The maximum Gasteiger partial charge on any atom is 0.418 e. The molecule has 0 unspecified atom stereocenters. The van der Waals surface area contributed by atoms with Gasteiger partial charge < -0.3 is 14.8 Å². The summed E-state index contributed by atoms with van der Waals surface area (Å²) < 4.78 is 50.8. The van der Waals surface area contributed by atoms with Crippen molar-refractivity contribution in [1.29, 1.82) is 0 Å². The van der Waals surface area contributed by atoms with Gasteiger partial charge in [0, 0.05) is 10.9 Å². The van der Waals surface area contributed by atoms with Gasteiger partial charge >= 0.3 is 12.1 Å². The van der Waals surface area contributed by atoms with Gasteiger partial charge in [-0.05, 0) is 54.1 Å². The van der Waals surface area contributed by atoms with E-state index in [0.29, 0.717) is 29.0 Å². The number of anilines is 1. The van der Waals surface area contributed by atoms with Crippen LogP contribution in [-0.2, 0) is 22.3 Å². The van der Waals surface area contributed by atoms with Crippen molar-refractivity contribution < 1.29 is 32.2 Å². The molecule has 5 aromatic rings. The van der Waals surface area contributed by atoms with E-state index < -0.39 is 35.9 Å². The van der Waals surface area contributed by atoms with Crippen molar-refractivity contribution >= 4 is 28.5 Å². The van der Waals surface area contributed by atoms with E-state index in [4.69, 9.17) is 9.47 Å². The fourth-order valence-corrected chi connectivity index (χ4v) is 4.19. The molecule has 0 saturated carbocycles. The van der Waals surface area contributed by atoms with Crippen LogP contribution in [0.5, 0.6) is 5.75 Å². The number of halogens is 3.